The zero-order valence-corrected chi connectivity index (χ0v) is 14.4. The Morgan fingerprint density at radius 1 is 1.04 bits per heavy atom. The zero-order valence-electron chi connectivity index (χ0n) is 14.4. The molecule has 5 nitrogen and oxygen atoms in total. The summed E-state index contributed by atoms with van der Waals surface area (Å²) in [6.07, 6.45) is 1.25. The fraction of sp³-hybridized carbons (Fsp3) is 0.100. The summed E-state index contributed by atoms with van der Waals surface area (Å²) in [6.45, 7) is -1.18. The lowest BCUT2D eigenvalue weighted by Crippen LogP contribution is -2.30. The highest BCUT2D eigenvalue weighted by Crippen LogP contribution is 2.27. The maximum absolute atomic E-state index is 14.2. The minimum Gasteiger partial charge on any atom is -0.460 e. The molecular weight excluding hydrogens is 373 g/mol. The predicted molar refractivity (Wildman–Crippen MR) is 95.8 cm³/mol. The first-order valence-electron chi connectivity index (χ1n) is 8.21. The van der Waals surface area contributed by atoms with E-state index in [0.717, 1.165) is 6.07 Å². The summed E-state index contributed by atoms with van der Waals surface area (Å²) in [6, 6.07) is 10.9. The van der Waals surface area contributed by atoms with Crippen LogP contribution in [0.25, 0.3) is 0 Å². The molecule has 1 amide bonds. The van der Waals surface area contributed by atoms with Gasteiger partial charge in [0, 0.05) is 12.3 Å². The Labute approximate surface area is 157 Å². The number of nitrogens with one attached hydrogen (secondary N) is 2. The van der Waals surface area contributed by atoms with Crippen molar-refractivity contribution < 1.29 is 22.7 Å². The molecule has 0 saturated carbocycles. The van der Waals surface area contributed by atoms with Crippen molar-refractivity contribution in [3.05, 3.63) is 99.5 Å². The number of H-pyrrole nitrogens is 1. The molecule has 1 aromatic heterocycles. The van der Waals surface area contributed by atoms with Crippen molar-refractivity contribution in [2.24, 2.45) is 0 Å². The van der Waals surface area contributed by atoms with Crippen molar-refractivity contribution >= 4 is 5.91 Å². The molecule has 0 fully saturated rings. The third-order valence-electron chi connectivity index (χ3n) is 4.02. The molecule has 0 aliphatic heterocycles. The molecule has 8 heteroatoms. The van der Waals surface area contributed by atoms with Crippen LogP contribution in [-0.4, -0.2) is 17.8 Å². The molecule has 3 rings (SSSR count). The SMILES string of the molecule is O=C(NC(c1ccc(F)cc1)c1ccc(OCF)c(F)c1)c1ccc(=O)[nH]c1. The molecule has 1 atom stereocenters. The van der Waals surface area contributed by atoms with Gasteiger partial charge in [0.05, 0.1) is 11.6 Å². The largest absolute Gasteiger partial charge is 0.460 e. The highest BCUT2D eigenvalue weighted by Gasteiger charge is 2.20. The number of halogens is 3. The predicted octanol–water partition coefficient (Wildman–Crippen LogP) is 3.48. The maximum Gasteiger partial charge on any atom is 0.253 e. The minimum absolute atomic E-state index is 0.185. The Bertz CT molecular complexity index is 1020. The Morgan fingerprint density at radius 2 is 1.75 bits per heavy atom. The average Bonchev–Trinajstić information content (AvgIpc) is 2.69. The summed E-state index contributed by atoms with van der Waals surface area (Å²) in [5.74, 6) is -2.07. The van der Waals surface area contributed by atoms with Crippen molar-refractivity contribution in [1.29, 1.82) is 0 Å². The number of carbonyl (C=O) groups is 1. The Morgan fingerprint density at radius 3 is 2.36 bits per heavy atom. The molecule has 0 bridgehead atoms. The van der Waals surface area contributed by atoms with E-state index in [2.05, 4.69) is 15.0 Å². The number of pyridine rings is 1. The summed E-state index contributed by atoms with van der Waals surface area (Å²) in [5.41, 5.74) is 0.660. The number of benzene rings is 2. The smallest absolute Gasteiger partial charge is 0.253 e. The van der Waals surface area contributed by atoms with E-state index in [1.807, 2.05) is 0 Å². The fourth-order valence-electron chi connectivity index (χ4n) is 2.65. The highest BCUT2D eigenvalue weighted by molar-refractivity contribution is 5.94. The number of alkyl halides is 1. The van der Waals surface area contributed by atoms with Crippen molar-refractivity contribution in [3.63, 3.8) is 0 Å². The van der Waals surface area contributed by atoms with Crippen LogP contribution in [0.3, 0.4) is 0 Å². The van der Waals surface area contributed by atoms with Crippen molar-refractivity contribution in [3.8, 4) is 5.75 Å². The average molecular weight is 388 g/mol. The van der Waals surface area contributed by atoms with Gasteiger partial charge in [-0.05, 0) is 41.5 Å². The van der Waals surface area contributed by atoms with E-state index in [-0.39, 0.29) is 16.9 Å². The van der Waals surface area contributed by atoms with Gasteiger partial charge in [0.1, 0.15) is 5.82 Å². The van der Waals surface area contributed by atoms with E-state index in [1.165, 1.54) is 54.7 Å². The second-order valence-electron chi connectivity index (χ2n) is 5.84. The van der Waals surface area contributed by atoms with Crippen LogP contribution in [0.1, 0.15) is 27.5 Å². The molecule has 1 unspecified atom stereocenters. The summed E-state index contributed by atoms with van der Waals surface area (Å²) < 4.78 is 44.3. The highest BCUT2D eigenvalue weighted by atomic mass is 19.1. The van der Waals surface area contributed by atoms with Gasteiger partial charge in [-0.15, -0.1) is 0 Å². The third kappa shape index (κ3) is 4.40. The molecular formula is C20H15F3N2O3. The number of carbonyl (C=O) groups excluding carboxylic acids is 1. The van der Waals surface area contributed by atoms with Crippen LogP contribution in [0.4, 0.5) is 13.2 Å². The first-order chi connectivity index (χ1) is 13.5. The standard InChI is InChI=1S/C20H15F3N2O3/c21-11-28-17-7-3-13(9-16(17)23)19(12-1-5-15(22)6-2-12)25-20(27)14-4-8-18(26)24-10-14/h1-10,19H,11H2,(H,24,26)(H,25,27). The van der Waals surface area contributed by atoms with Crippen LogP contribution >= 0.6 is 0 Å². The van der Waals surface area contributed by atoms with E-state index >= 15 is 0 Å². The molecule has 3 aromatic rings. The Hall–Kier alpha value is -3.55. The van der Waals surface area contributed by atoms with Gasteiger partial charge in [0.2, 0.25) is 12.4 Å². The van der Waals surface area contributed by atoms with Gasteiger partial charge in [0.25, 0.3) is 5.91 Å². The third-order valence-corrected chi connectivity index (χ3v) is 4.02. The molecule has 0 saturated heterocycles. The molecule has 144 valence electrons. The molecule has 2 N–H and O–H groups in total. The van der Waals surface area contributed by atoms with Gasteiger partial charge in [-0.25, -0.2) is 13.2 Å². The van der Waals surface area contributed by atoms with E-state index in [9.17, 15) is 22.8 Å². The van der Waals surface area contributed by atoms with Crippen molar-refractivity contribution in [2.45, 2.75) is 6.04 Å². The number of aromatic nitrogens is 1. The Balaban J connectivity index is 1.96. The van der Waals surface area contributed by atoms with Crippen molar-refractivity contribution in [2.75, 3.05) is 6.86 Å². The first kappa shape index (κ1) is 19.2. The van der Waals surface area contributed by atoms with Crippen LogP contribution in [0, 0.1) is 11.6 Å². The number of hydrogen-bond acceptors (Lipinski definition) is 3. The van der Waals surface area contributed by atoms with E-state index in [4.69, 9.17) is 0 Å². The maximum atomic E-state index is 14.2. The quantitative estimate of drug-likeness (QED) is 0.679. The lowest BCUT2D eigenvalue weighted by atomic mass is 9.98. The van der Waals surface area contributed by atoms with Crippen LogP contribution in [0.5, 0.6) is 5.75 Å². The van der Waals surface area contributed by atoms with Crippen LogP contribution in [-0.2, 0) is 0 Å². The monoisotopic (exact) mass is 388 g/mol. The van der Waals surface area contributed by atoms with Crippen LogP contribution in [0.15, 0.2) is 65.6 Å². The second kappa shape index (κ2) is 8.43. The van der Waals surface area contributed by atoms with E-state index < -0.39 is 30.4 Å². The lowest BCUT2D eigenvalue weighted by molar-refractivity contribution is 0.0942. The van der Waals surface area contributed by atoms with E-state index in [1.54, 1.807) is 0 Å². The molecule has 28 heavy (non-hydrogen) atoms. The fourth-order valence-corrected chi connectivity index (χ4v) is 2.65. The van der Waals surface area contributed by atoms with Gasteiger partial charge >= 0.3 is 0 Å². The summed E-state index contributed by atoms with van der Waals surface area (Å²) >= 11 is 0. The van der Waals surface area contributed by atoms with Crippen molar-refractivity contribution in [1.82, 2.24) is 10.3 Å². The molecule has 0 radical (unpaired) electrons. The topological polar surface area (TPSA) is 71.2 Å². The van der Waals surface area contributed by atoms with Gasteiger partial charge in [-0.2, -0.15) is 0 Å². The van der Waals surface area contributed by atoms with Gasteiger partial charge in [0.15, 0.2) is 11.6 Å². The van der Waals surface area contributed by atoms with E-state index in [0.29, 0.717) is 11.1 Å². The number of rotatable bonds is 6. The molecule has 1 heterocycles. The summed E-state index contributed by atoms with van der Waals surface area (Å²) in [7, 11) is 0. The number of amides is 1. The zero-order chi connectivity index (χ0) is 20.1. The molecule has 0 aliphatic carbocycles. The summed E-state index contributed by atoms with van der Waals surface area (Å²) in [5, 5.41) is 2.72. The summed E-state index contributed by atoms with van der Waals surface area (Å²) in [4.78, 5) is 26.1. The lowest BCUT2D eigenvalue weighted by Gasteiger charge is -2.20. The van der Waals surface area contributed by atoms with Crippen LogP contribution < -0.4 is 15.6 Å². The number of aromatic amines is 1. The minimum atomic E-state index is -1.18. The first-order valence-corrected chi connectivity index (χ1v) is 8.21. The molecule has 0 aliphatic rings. The number of ether oxygens (including phenoxy) is 1. The normalized spacial score (nSPS) is 11.7. The molecule has 0 spiro atoms. The van der Waals surface area contributed by atoms with Crippen LogP contribution in [0.2, 0.25) is 0 Å². The van der Waals surface area contributed by atoms with Gasteiger partial charge in [-0.3, -0.25) is 9.59 Å². The van der Waals surface area contributed by atoms with Gasteiger partial charge in [-0.1, -0.05) is 18.2 Å². The number of hydrogen-bond donors (Lipinski definition) is 2. The second-order valence-corrected chi connectivity index (χ2v) is 5.84. The molecule has 2 aromatic carbocycles. The Kier molecular flexibility index (Phi) is 5.78. The van der Waals surface area contributed by atoms with Gasteiger partial charge < -0.3 is 15.0 Å².